The molecule has 0 bridgehead atoms. The Labute approximate surface area is 116 Å². The minimum Gasteiger partial charge on any atom is -0.475 e. The maximum Gasteiger partial charge on any atom is 0.184 e. The molecule has 0 amide bonds. The van der Waals surface area contributed by atoms with Crippen LogP contribution in [-0.4, -0.2) is 11.3 Å². The minimum absolute atomic E-state index is 0.224. The Balaban J connectivity index is 2.36. The normalized spacial score (nSPS) is 11.9. The average Bonchev–Trinajstić information content (AvgIpc) is 2.39. The zero-order chi connectivity index (χ0) is 13.8. The molecule has 0 spiro atoms. The van der Waals surface area contributed by atoms with Crippen LogP contribution in [0.5, 0.6) is 5.75 Å². The van der Waals surface area contributed by atoms with Gasteiger partial charge in [-0.1, -0.05) is 6.07 Å². The lowest BCUT2D eigenvalue weighted by Crippen LogP contribution is -2.13. The van der Waals surface area contributed by atoms with Crippen LogP contribution < -0.4 is 4.74 Å². The molecule has 0 saturated heterocycles. The van der Waals surface area contributed by atoms with E-state index >= 15 is 0 Å². The summed E-state index contributed by atoms with van der Waals surface area (Å²) in [6.45, 7) is 0. The van der Waals surface area contributed by atoms with E-state index in [-0.39, 0.29) is 5.75 Å². The summed E-state index contributed by atoms with van der Waals surface area (Å²) in [6.07, 6.45) is 0.471. The van der Waals surface area contributed by atoms with Crippen LogP contribution in [-0.2, 0) is 4.79 Å². The third-order valence-electron chi connectivity index (χ3n) is 2.39. The Morgan fingerprint density at radius 1 is 1.21 bits per heavy atom. The van der Waals surface area contributed by atoms with Gasteiger partial charge >= 0.3 is 0 Å². The van der Waals surface area contributed by atoms with Crippen molar-refractivity contribution in [2.75, 3.05) is 0 Å². The smallest absolute Gasteiger partial charge is 0.184 e. The highest BCUT2D eigenvalue weighted by molar-refractivity contribution is 9.10. The SMILES string of the molecule is O=CC(Oc1cccnc1Br)c1c(F)cccc1F. The van der Waals surface area contributed by atoms with Crippen LogP contribution >= 0.6 is 15.9 Å². The van der Waals surface area contributed by atoms with E-state index < -0.39 is 23.3 Å². The van der Waals surface area contributed by atoms with E-state index in [2.05, 4.69) is 20.9 Å². The summed E-state index contributed by atoms with van der Waals surface area (Å²) < 4.78 is 32.8. The van der Waals surface area contributed by atoms with E-state index in [4.69, 9.17) is 4.74 Å². The highest BCUT2D eigenvalue weighted by Crippen LogP contribution is 2.28. The number of carbonyl (C=O) groups excluding carboxylic acids is 1. The molecule has 2 aromatic rings. The maximum atomic E-state index is 13.6. The molecule has 1 heterocycles. The number of hydrogen-bond donors (Lipinski definition) is 0. The second kappa shape index (κ2) is 5.88. The molecule has 1 aromatic carbocycles. The molecule has 1 aromatic heterocycles. The summed E-state index contributed by atoms with van der Waals surface area (Å²) in [7, 11) is 0. The first-order valence-electron chi connectivity index (χ1n) is 5.30. The molecule has 0 aliphatic carbocycles. The summed E-state index contributed by atoms with van der Waals surface area (Å²) in [4.78, 5) is 14.9. The van der Waals surface area contributed by atoms with E-state index in [0.717, 1.165) is 12.1 Å². The van der Waals surface area contributed by atoms with E-state index in [0.29, 0.717) is 10.9 Å². The second-order valence-electron chi connectivity index (χ2n) is 3.60. The number of ether oxygens (including phenoxy) is 1. The van der Waals surface area contributed by atoms with Gasteiger partial charge in [-0.3, -0.25) is 4.79 Å². The fraction of sp³-hybridized carbons (Fsp3) is 0.0769. The molecule has 2 rings (SSSR count). The first kappa shape index (κ1) is 13.6. The first-order chi connectivity index (χ1) is 9.13. The van der Waals surface area contributed by atoms with E-state index in [1.165, 1.54) is 18.3 Å². The molecular weight excluding hydrogens is 320 g/mol. The van der Waals surface area contributed by atoms with Gasteiger partial charge in [0.1, 0.15) is 16.2 Å². The Kier molecular flexibility index (Phi) is 4.21. The van der Waals surface area contributed by atoms with Crippen LogP contribution in [0.25, 0.3) is 0 Å². The number of pyridine rings is 1. The molecule has 0 radical (unpaired) electrons. The minimum atomic E-state index is -1.37. The first-order valence-corrected chi connectivity index (χ1v) is 6.09. The number of aromatic nitrogens is 1. The lowest BCUT2D eigenvalue weighted by molar-refractivity contribution is -0.114. The number of carbonyl (C=O) groups is 1. The number of hydrogen-bond acceptors (Lipinski definition) is 3. The molecule has 19 heavy (non-hydrogen) atoms. The molecule has 6 heteroatoms. The quantitative estimate of drug-likeness (QED) is 0.637. The predicted molar refractivity (Wildman–Crippen MR) is 67.7 cm³/mol. The van der Waals surface area contributed by atoms with Gasteiger partial charge in [-0.15, -0.1) is 0 Å². The average molecular weight is 328 g/mol. The third-order valence-corrected chi connectivity index (χ3v) is 2.98. The van der Waals surface area contributed by atoms with Gasteiger partial charge in [0.15, 0.2) is 18.1 Å². The van der Waals surface area contributed by atoms with Gasteiger partial charge in [-0.05, 0) is 40.2 Å². The van der Waals surface area contributed by atoms with E-state index in [1.807, 2.05) is 0 Å². The Morgan fingerprint density at radius 2 is 1.89 bits per heavy atom. The van der Waals surface area contributed by atoms with Gasteiger partial charge in [0.05, 0.1) is 5.56 Å². The fourth-order valence-corrected chi connectivity index (χ4v) is 1.88. The standard InChI is InChI=1S/C13H8BrF2NO2/c14-13-10(5-2-6-17-13)19-11(7-18)12-8(15)3-1-4-9(12)16/h1-7,11H. The molecule has 0 saturated carbocycles. The molecule has 3 nitrogen and oxygen atoms in total. The van der Waals surface area contributed by atoms with Crippen molar-refractivity contribution in [3.05, 3.63) is 58.3 Å². The predicted octanol–water partition coefficient (Wildman–Crippen LogP) is 3.44. The van der Waals surface area contributed by atoms with Gasteiger partial charge in [0.2, 0.25) is 0 Å². The van der Waals surface area contributed by atoms with Crippen molar-refractivity contribution in [3.8, 4) is 5.75 Å². The number of benzene rings is 1. The van der Waals surface area contributed by atoms with Crippen molar-refractivity contribution >= 4 is 22.2 Å². The summed E-state index contributed by atoms with van der Waals surface area (Å²) >= 11 is 3.12. The van der Waals surface area contributed by atoms with Crippen LogP contribution in [0, 0.1) is 11.6 Å². The molecule has 1 atom stereocenters. The zero-order valence-electron chi connectivity index (χ0n) is 9.52. The lowest BCUT2D eigenvalue weighted by Gasteiger charge is -2.15. The topological polar surface area (TPSA) is 39.2 Å². The summed E-state index contributed by atoms with van der Waals surface area (Å²) in [6, 6.07) is 6.47. The fourth-order valence-electron chi connectivity index (χ4n) is 1.53. The molecule has 1 unspecified atom stereocenters. The molecule has 98 valence electrons. The van der Waals surface area contributed by atoms with Crippen molar-refractivity contribution in [1.82, 2.24) is 4.98 Å². The highest BCUT2D eigenvalue weighted by atomic mass is 79.9. The molecule has 0 aliphatic heterocycles. The number of nitrogens with zero attached hydrogens (tertiary/aromatic N) is 1. The zero-order valence-corrected chi connectivity index (χ0v) is 11.1. The number of halogens is 3. The monoisotopic (exact) mass is 327 g/mol. The van der Waals surface area contributed by atoms with Crippen LogP contribution in [0.4, 0.5) is 8.78 Å². The van der Waals surface area contributed by atoms with Crippen LogP contribution in [0.15, 0.2) is 41.1 Å². The van der Waals surface area contributed by atoms with Gasteiger partial charge in [0.25, 0.3) is 0 Å². The molecule has 0 fully saturated rings. The van der Waals surface area contributed by atoms with Crippen molar-refractivity contribution in [2.45, 2.75) is 6.10 Å². The van der Waals surface area contributed by atoms with Crippen molar-refractivity contribution < 1.29 is 18.3 Å². The Morgan fingerprint density at radius 3 is 2.47 bits per heavy atom. The third kappa shape index (κ3) is 2.96. The summed E-state index contributed by atoms with van der Waals surface area (Å²) in [5.41, 5.74) is -0.423. The second-order valence-corrected chi connectivity index (χ2v) is 4.35. The van der Waals surface area contributed by atoms with Crippen LogP contribution in [0.1, 0.15) is 11.7 Å². The molecular formula is C13H8BrF2NO2. The van der Waals surface area contributed by atoms with Gasteiger partial charge < -0.3 is 4.74 Å². The van der Waals surface area contributed by atoms with Crippen LogP contribution in [0.2, 0.25) is 0 Å². The summed E-state index contributed by atoms with van der Waals surface area (Å²) in [5.74, 6) is -1.45. The van der Waals surface area contributed by atoms with E-state index in [9.17, 15) is 13.6 Å². The Bertz CT molecular complexity index is 587. The largest absolute Gasteiger partial charge is 0.475 e. The number of aldehydes is 1. The molecule has 0 N–H and O–H groups in total. The van der Waals surface area contributed by atoms with Crippen molar-refractivity contribution in [1.29, 1.82) is 0 Å². The maximum absolute atomic E-state index is 13.6. The van der Waals surface area contributed by atoms with Gasteiger partial charge in [-0.2, -0.15) is 0 Å². The van der Waals surface area contributed by atoms with Crippen molar-refractivity contribution in [2.24, 2.45) is 0 Å². The Hall–Kier alpha value is -1.82. The summed E-state index contributed by atoms with van der Waals surface area (Å²) in [5, 5.41) is 0. The van der Waals surface area contributed by atoms with Crippen LogP contribution in [0.3, 0.4) is 0 Å². The van der Waals surface area contributed by atoms with E-state index in [1.54, 1.807) is 6.07 Å². The number of rotatable bonds is 4. The van der Waals surface area contributed by atoms with Gasteiger partial charge in [-0.25, -0.2) is 13.8 Å². The highest BCUT2D eigenvalue weighted by Gasteiger charge is 2.22. The lowest BCUT2D eigenvalue weighted by atomic mass is 10.1. The van der Waals surface area contributed by atoms with Gasteiger partial charge in [0, 0.05) is 6.20 Å². The molecule has 0 aliphatic rings. The van der Waals surface area contributed by atoms with Crippen molar-refractivity contribution in [3.63, 3.8) is 0 Å².